The molecule has 0 aromatic rings. The van der Waals surface area contributed by atoms with Gasteiger partial charge in [-0.2, -0.15) is 0 Å². The van der Waals surface area contributed by atoms with Gasteiger partial charge in [0.25, 0.3) is 0 Å². The van der Waals surface area contributed by atoms with Gasteiger partial charge in [0.1, 0.15) is 5.78 Å². The Morgan fingerprint density at radius 1 is 1.31 bits per heavy atom. The third kappa shape index (κ3) is 1.09. The van der Waals surface area contributed by atoms with Crippen LogP contribution in [-0.2, 0) is 14.3 Å². The summed E-state index contributed by atoms with van der Waals surface area (Å²) < 4.78 is 4.77. The Morgan fingerprint density at radius 3 is 2.31 bits per heavy atom. The van der Waals surface area contributed by atoms with Gasteiger partial charge in [0.15, 0.2) is 0 Å². The number of Topliss-reactive ketones (excluding diaryl/α,β-unsaturated/α-hetero) is 1. The van der Waals surface area contributed by atoms with Crippen LogP contribution < -0.4 is 0 Å². The van der Waals surface area contributed by atoms with Crippen molar-refractivity contribution in [2.75, 3.05) is 7.11 Å². The highest BCUT2D eigenvalue weighted by molar-refractivity contribution is 5.91. The van der Waals surface area contributed by atoms with E-state index in [1.165, 1.54) is 7.11 Å². The van der Waals surface area contributed by atoms with Crippen LogP contribution in [0.15, 0.2) is 0 Å². The molecule has 16 heavy (non-hydrogen) atoms. The molecular formula is C13H20O3. The Morgan fingerprint density at radius 2 is 1.94 bits per heavy atom. The molecule has 2 rings (SSSR count). The van der Waals surface area contributed by atoms with Gasteiger partial charge in [-0.15, -0.1) is 0 Å². The predicted octanol–water partition coefficient (Wildman–Crippen LogP) is 2.33. The Kier molecular flexibility index (Phi) is 2.24. The molecule has 0 N–H and O–H groups in total. The second kappa shape index (κ2) is 3.08. The number of fused-ring (bicyclic) bond motifs is 2. The van der Waals surface area contributed by atoms with Gasteiger partial charge in [-0.1, -0.05) is 20.8 Å². The number of rotatable bonds is 2. The van der Waals surface area contributed by atoms with Crippen molar-refractivity contribution >= 4 is 11.8 Å². The topological polar surface area (TPSA) is 43.4 Å². The summed E-state index contributed by atoms with van der Waals surface area (Å²) in [6, 6.07) is 0. The summed E-state index contributed by atoms with van der Waals surface area (Å²) in [6.07, 6.45) is 2.82. The maximum Gasteiger partial charge on any atom is 0.306 e. The number of esters is 1. The van der Waals surface area contributed by atoms with Crippen molar-refractivity contribution in [3.8, 4) is 0 Å². The zero-order chi connectivity index (χ0) is 12.2. The van der Waals surface area contributed by atoms with Crippen LogP contribution in [0.25, 0.3) is 0 Å². The number of ketones is 1. The fourth-order valence-corrected chi connectivity index (χ4v) is 3.72. The van der Waals surface area contributed by atoms with E-state index in [2.05, 4.69) is 20.8 Å². The normalized spacial score (nSPS) is 40.1. The van der Waals surface area contributed by atoms with Crippen LogP contribution in [0, 0.1) is 16.2 Å². The lowest BCUT2D eigenvalue weighted by atomic mass is 9.64. The van der Waals surface area contributed by atoms with Crippen LogP contribution in [0.1, 0.15) is 46.5 Å². The monoisotopic (exact) mass is 224 g/mol. The van der Waals surface area contributed by atoms with Crippen LogP contribution >= 0.6 is 0 Å². The zero-order valence-electron chi connectivity index (χ0n) is 10.6. The number of methoxy groups -OCH3 is 1. The molecule has 3 heteroatoms. The first kappa shape index (κ1) is 11.6. The maximum absolute atomic E-state index is 12.1. The van der Waals surface area contributed by atoms with Crippen LogP contribution in [0.2, 0.25) is 0 Å². The minimum atomic E-state index is -0.235. The van der Waals surface area contributed by atoms with E-state index in [9.17, 15) is 9.59 Å². The Balaban J connectivity index is 2.37. The van der Waals surface area contributed by atoms with E-state index in [4.69, 9.17) is 4.74 Å². The number of carbonyl (C=O) groups excluding carboxylic acids is 2. The van der Waals surface area contributed by atoms with Crippen LogP contribution in [-0.4, -0.2) is 18.9 Å². The fraction of sp³-hybridized carbons (Fsp3) is 0.846. The van der Waals surface area contributed by atoms with Gasteiger partial charge in [0, 0.05) is 11.8 Å². The van der Waals surface area contributed by atoms with Gasteiger partial charge < -0.3 is 4.74 Å². The summed E-state index contributed by atoms with van der Waals surface area (Å²) in [6.45, 7) is 6.32. The van der Waals surface area contributed by atoms with Gasteiger partial charge in [0.2, 0.25) is 0 Å². The second-order valence-corrected chi connectivity index (χ2v) is 6.09. The van der Waals surface area contributed by atoms with Gasteiger partial charge >= 0.3 is 5.97 Å². The molecule has 2 aliphatic rings. The van der Waals surface area contributed by atoms with E-state index in [1.807, 2.05) is 0 Å². The smallest absolute Gasteiger partial charge is 0.306 e. The van der Waals surface area contributed by atoms with Gasteiger partial charge in [0.05, 0.1) is 13.5 Å². The van der Waals surface area contributed by atoms with Gasteiger partial charge in [-0.25, -0.2) is 0 Å². The van der Waals surface area contributed by atoms with Crippen LogP contribution in [0.5, 0.6) is 0 Å². The van der Waals surface area contributed by atoms with Crippen molar-refractivity contribution in [2.45, 2.75) is 46.5 Å². The molecule has 2 bridgehead atoms. The minimum Gasteiger partial charge on any atom is -0.469 e. The molecule has 2 atom stereocenters. The Labute approximate surface area is 96.5 Å². The summed E-state index contributed by atoms with van der Waals surface area (Å²) in [4.78, 5) is 23.6. The van der Waals surface area contributed by atoms with Crippen molar-refractivity contribution < 1.29 is 14.3 Å². The summed E-state index contributed by atoms with van der Waals surface area (Å²) in [7, 11) is 1.41. The highest BCUT2D eigenvalue weighted by atomic mass is 16.5. The highest BCUT2D eigenvalue weighted by Crippen LogP contribution is 2.71. The number of ether oxygens (including phenoxy) is 1. The van der Waals surface area contributed by atoms with E-state index in [1.54, 1.807) is 0 Å². The number of hydrogen-bond acceptors (Lipinski definition) is 3. The number of hydrogen-bond donors (Lipinski definition) is 0. The third-order valence-corrected chi connectivity index (χ3v) is 5.63. The highest BCUT2D eigenvalue weighted by Gasteiger charge is 2.69. The Hall–Kier alpha value is -0.860. The molecule has 0 aromatic carbocycles. The molecule has 2 saturated carbocycles. The summed E-state index contributed by atoms with van der Waals surface area (Å²) in [5, 5.41) is 0. The average molecular weight is 224 g/mol. The van der Waals surface area contributed by atoms with E-state index < -0.39 is 0 Å². The maximum atomic E-state index is 12.1. The van der Waals surface area contributed by atoms with Crippen molar-refractivity contribution in [2.24, 2.45) is 16.2 Å². The molecule has 0 heterocycles. The quantitative estimate of drug-likeness (QED) is 0.676. The van der Waals surface area contributed by atoms with Gasteiger partial charge in [-0.3, -0.25) is 9.59 Å². The lowest BCUT2D eigenvalue weighted by molar-refractivity contribution is -0.145. The molecule has 2 aliphatic carbocycles. The largest absolute Gasteiger partial charge is 0.469 e. The minimum absolute atomic E-state index is 0.0920. The molecule has 0 spiro atoms. The summed E-state index contributed by atoms with van der Waals surface area (Å²) in [5.74, 6) is 0.139. The van der Waals surface area contributed by atoms with E-state index in [-0.39, 0.29) is 22.2 Å². The van der Waals surface area contributed by atoms with Crippen molar-refractivity contribution in [1.29, 1.82) is 0 Å². The average Bonchev–Trinajstić information content (AvgIpc) is 2.47. The van der Waals surface area contributed by atoms with E-state index >= 15 is 0 Å². The molecule has 2 fully saturated rings. The van der Waals surface area contributed by atoms with Crippen molar-refractivity contribution in [3.05, 3.63) is 0 Å². The standard InChI is InChI=1S/C13H20O3/c1-11(2)12(3)5-6-13(11,7-9(12)14)8-10(15)16-4/h5-8H2,1-4H3/t12-,13+/m0/s1. The summed E-state index contributed by atoms with van der Waals surface area (Å²) >= 11 is 0. The van der Waals surface area contributed by atoms with Crippen LogP contribution in [0.3, 0.4) is 0 Å². The summed E-state index contributed by atoms with van der Waals surface area (Å²) in [5.41, 5.74) is -0.488. The van der Waals surface area contributed by atoms with Crippen molar-refractivity contribution in [3.63, 3.8) is 0 Å². The lowest BCUT2D eigenvalue weighted by Gasteiger charge is -2.39. The molecule has 0 amide bonds. The SMILES string of the molecule is COC(=O)C[C@@]12CC[C@@](C)(C(=O)C1)C2(C)C. The predicted molar refractivity (Wildman–Crippen MR) is 59.8 cm³/mol. The molecule has 0 saturated heterocycles. The van der Waals surface area contributed by atoms with Crippen LogP contribution in [0.4, 0.5) is 0 Å². The lowest BCUT2D eigenvalue weighted by Crippen LogP contribution is -2.37. The first-order valence-electron chi connectivity index (χ1n) is 5.89. The second-order valence-electron chi connectivity index (χ2n) is 6.09. The molecule has 3 nitrogen and oxygen atoms in total. The molecule has 0 aliphatic heterocycles. The first-order valence-corrected chi connectivity index (χ1v) is 5.89. The first-order chi connectivity index (χ1) is 7.29. The molecular weight excluding hydrogens is 204 g/mol. The zero-order valence-corrected chi connectivity index (χ0v) is 10.6. The fourth-order valence-electron chi connectivity index (χ4n) is 3.72. The Bertz CT molecular complexity index is 358. The number of carbonyl (C=O) groups is 2. The van der Waals surface area contributed by atoms with Gasteiger partial charge in [-0.05, 0) is 23.7 Å². The molecule has 90 valence electrons. The van der Waals surface area contributed by atoms with E-state index in [0.29, 0.717) is 18.6 Å². The molecule has 0 unspecified atom stereocenters. The van der Waals surface area contributed by atoms with E-state index in [0.717, 1.165) is 12.8 Å². The molecule has 0 aromatic heterocycles. The molecule has 0 radical (unpaired) electrons. The van der Waals surface area contributed by atoms with Crippen molar-refractivity contribution in [1.82, 2.24) is 0 Å². The third-order valence-electron chi connectivity index (χ3n) is 5.63.